The van der Waals surface area contributed by atoms with Crippen LogP contribution >= 0.6 is 11.3 Å². The Kier molecular flexibility index (Phi) is 6.82. The van der Waals surface area contributed by atoms with Gasteiger partial charge in [-0.15, -0.1) is 24.5 Å². The standard InChI is InChI=1S/C17H18S.C5H7N.C2H4/c1-10(2)13-6-5-7-14-15-9-8-11(3)12(4)16(15)18-17(13)14;1-5-2-3-6-4-5;1-2/h5-10H,1-4H3;2-4,6H,1H3;1-2H2. The van der Waals surface area contributed by atoms with Gasteiger partial charge in [-0.25, -0.2) is 0 Å². The van der Waals surface area contributed by atoms with E-state index in [0.29, 0.717) is 5.92 Å². The van der Waals surface area contributed by atoms with Crippen LogP contribution in [0.1, 0.15) is 42.0 Å². The molecular weight excluding hydrogens is 334 g/mol. The predicted octanol–water partition coefficient (Wildman–Crippen LogP) is 7.92. The quantitative estimate of drug-likeness (QED) is 0.331. The molecular formula is C24H29NS. The summed E-state index contributed by atoms with van der Waals surface area (Å²) in [6, 6.07) is 13.3. The highest BCUT2D eigenvalue weighted by Gasteiger charge is 2.12. The van der Waals surface area contributed by atoms with Crippen LogP contribution in [-0.2, 0) is 0 Å². The summed E-state index contributed by atoms with van der Waals surface area (Å²) in [4.78, 5) is 2.93. The number of fused-ring (bicyclic) bond motifs is 3. The second-order valence-corrected chi connectivity index (χ2v) is 7.77. The largest absolute Gasteiger partial charge is 0.367 e. The molecule has 0 atom stereocenters. The SMILES string of the molecule is C=C.Cc1cc[nH]c1.Cc1ccc2c(sc3c(C(C)C)cccc32)c1C. The zero-order valence-electron chi connectivity index (χ0n) is 16.5. The zero-order valence-corrected chi connectivity index (χ0v) is 17.3. The summed E-state index contributed by atoms with van der Waals surface area (Å²) in [7, 11) is 0. The number of hydrogen-bond donors (Lipinski definition) is 1. The Bertz CT molecular complexity index is 974. The second-order valence-electron chi connectivity index (χ2n) is 6.75. The first-order valence-electron chi connectivity index (χ1n) is 8.99. The van der Waals surface area contributed by atoms with E-state index in [1.165, 1.54) is 42.4 Å². The van der Waals surface area contributed by atoms with Crippen LogP contribution in [0.15, 0.2) is 61.9 Å². The molecule has 2 heterocycles. The van der Waals surface area contributed by atoms with E-state index in [2.05, 4.69) is 83.1 Å². The van der Waals surface area contributed by atoms with E-state index in [-0.39, 0.29) is 0 Å². The fourth-order valence-corrected chi connectivity index (χ4v) is 4.49. The zero-order chi connectivity index (χ0) is 19.3. The molecule has 26 heavy (non-hydrogen) atoms. The van der Waals surface area contributed by atoms with Gasteiger partial charge in [0.25, 0.3) is 0 Å². The smallest absolute Gasteiger partial charge is 0.0390 e. The number of aryl methyl sites for hydroxylation is 3. The van der Waals surface area contributed by atoms with Crippen molar-refractivity contribution in [2.45, 2.75) is 40.5 Å². The molecule has 2 aromatic carbocycles. The highest BCUT2D eigenvalue weighted by Crippen LogP contribution is 2.40. The van der Waals surface area contributed by atoms with Crippen LogP contribution in [0.4, 0.5) is 0 Å². The fourth-order valence-electron chi connectivity index (χ4n) is 2.98. The van der Waals surface area contributed by atoms with E-state index in [0.717, 1.165) is 0 Å². The van der Waals surface area contributed by atoms with Crippen LogP contribution in [0.3, 0.4) is 0 Å². The maximum atomic E-state index is 3.00. The summed E-state index contributed by atoms with van der Waals surface area (Å²) in [6.07, 6.45) is 3.87. The first kappa shape index (κ1) is 20.0. The molecule has 0 aliphatic heterocycles. The lowest BCUT2D eigenvalue weighted by Crippen LogP contribution is -1.85. The summed E-state index contributed by atoms with van der Waals surface area (Å²) in [5.74, 6) is 0.586. The topological polar surface area (TPSA) is 15.8 Å². The molecule has 2 aromatic heterocycles. The van der Waals surface area contributed by atoms with Gasteiger partial charge in [-0.3, -0.25) is 0 Å². The van der Waals surface area contributed by atoms with Crippen LogP contribution in [0.5, 0.6) is 0 Å². The minimum absolute atomic E-state index is 0.586. The first-order chi connectivity index (χ1) is 12.5. The lowest BCUT2D eigenvalue weighted by molar-refractivity contribution is 0.878. The van der Waals surface area contributed by atoms with Crippen molar-refractivity contribution < 1.29 is 0 Å². The number of rotatable bonds is 1. The van der Waals surface area contributed by atoms with Gasteiger partial charge >= 0.3 is 0 Å². The van der Waals surface area contributed by atoms with Gasteiger partial charge in [0, 0.05) is 32.6 Å². The summed E-state index contributed by atoms with van der Waals surface area (Å²) in [6.45, 7) is 17.0. The summed E-state index contributed by atoms with van der Waals surface area (Å²) < 4.78 is 2.93. The molecule has 1 N–H and O–H groups in total. The van der Waals surface area contributed by atoms with Crippen molar-refractivity contribution in [1.29, 1.82) is 0 Å². The van der Waals surface area contributed by atoms with Crippen molar-refractivity contribution in [3.05, 3.63) is 84.2 Å². The number of aromatic amines is 1. The molecule has 0 bridgehead atoms. The maximum Gasteiger partial charge on any atom is 0.0390 e. The second kappa shape index (κ2) is 8.86. The Morgan fingerprint density at radius 1 is 0.885 bits per heavy atom. The maximum absolute atomic E-state index is 3.00. The van der Waals surface area contributed by atoms with E-state index in [9.17, 15) is 0 Å². The third kappa shape index (κ3) is 4.08. The Morgan fingerprint density at radius 2 is 1.58 bits per heavy atom. The van der Waals surface area contributed by atoms with Gasteiger partial charge in [0.15, 0.2) is 0 Å². The van der Waals surface area contributed by atoms with Gasteiger partial charge < -0.3 is 4.98 Å². The normalized spacial score (nSPS) is 10.4. The Balaban J connectivity index is 0.000000256. The summed E-state index contributed by atoms with van der Waals surface area (Å²) >= 11 is 1.96. The van der Waals surface area contributed by atoms with E-state index in [1.54, 1.807) is 0 Å². The van der Waals surface area contributed by atoms with Crippen LogP contribution < -0.4 is 0 Å². The predicted molar refractivity (Wildman–Crippen MR) is 120 cm³/mol. The van der Waals surface area contributed by atoms with Crippen LogP contribution in [0.2, 0.25) is 0 Å². The molecule has 0 aliphatic carbocycles. The van der Waals surface area contributed by atoms with Crippen molar-refractivity contribution in [2.24, 2.45) is 0 Å². The lowest BCUT2D eigenvalue weighted by atomic mass is 9.99. The third-order valence-electron chi connectivity index (χ3n) is 4.59. The molecule has 4 aromatic rings. The van der Waals surface area contributed by atoms with Crippen molar-refractivity contribution in [2.75, 3.05) is 0 Å². The molecule has 0 amide bonds. The third-order valence-corrected chi connectivity index (χ3v) is 5.98. The van der Waals surface area contributed by atoms with E-state index >= 15 is 0 Å². The molecule has 136 valence electrons. The molecule has 0 saturated carbocycles. The van der Waals surface area contributed by atoms with Crippen LogP contribution in [-0.4, -0.2) is 4.98 Å². The molecule has 4 rings (SSSR count). The molecule has 0 radical (unpaired) electrons. The van der Waals surface area contributed by atoms with Gasteiger partial charge in [-0.2, -0.15) is 0 Å². The van der Waals surface area contributed by atoms with E-state index in [1.807, 2.05) is 29.8 Å². The van der Waals surface area contributed by atoms with Gasteiger partial charge in [0.05, 0.1) is 0 Å². The Hall–Kier alpha value is -2.32. The van der Waals surface area contributed by atoms with E-state index in [4.69, 9.17) is 0 Å². The van der Waals surface area contributed by atoms with Crippen LogP contribution in [0.25, 0.3) is 20.2 Å². The molecule has 0 aliphatic rings. The highest BCUT2D eigenvalue weighted by molar-refractivity contribution is 7.26. The minimum Gasteiger partial charge on any atom is -0.367 e. The fraction of sp³-hybridized carbons (Fsp3) is 0.250. The van der Waals surface area contributed by atoms with Gasteiger partial charge in [0.1, 0.15) is 0 Å². The number of thiophene rings is 1. The first-order valence-corrected chi connectivity index (χ1v) is 9.81. The lowest BCUT2D eigenvalue weighted by Gasteiger charge is -2.05. The average molecular weight is 364 g/mol. The van der Waals surface area contributed by atoms with Gasteiger partial charge in [0.2, 0.25) is 0 Å². The van der Waals surface area contributed by atoms with Crippen molar-refractivity contribution in [3.63, 3.8) is 0 Å². The minimum atomic E-state index is 0.586. The number of benzene rings is 2. The number of aromatic nitrogens is 1. The van der Waals surface area contributed by atoms with Gasteiger partial charge in [-0.05, 0) is 55.0 Å². The summed E-state index contributed by atoms with van der Waals surface area (Å²) in [5, 5.41) is 2.84. The Morgan fingerprint density at radius 3 is 2.12 bits per heavy atom. The van der Waals surface area contributed by atoms with Crippen molar-refractivity contribution in [3.8, 4) is 0 Å². The summed E-state index contributed by atoms with van der Waals surface area (Å²) in [5.41, 5.74) is 5.59. The van der Waals surface area contributed by atoms with Crippen molar-refractivity contribution in [1.82, 2.24) is 4.98 Å². The molecule has 0 spiro atoms. The highest BCUT2D eigenvalue weighted by atomic mass is 32.1. The number of hydrogen-bond acceptors (Lipinski definition) is 1. The molecule has 0 saturated heterocycles. The Labute approximate surface area is 161 Å². The number of nitrogens with one attached hydrogen (secondary N) is 1. The molecule has 0 unspecified atom stereocenters. The molecule has 1 nitrogen and oxygen atoms in total. The van der Waals surface area contributed by atoms with Gasteiger partial charge in [-0.1, -0.05) is 44.2 Å². The monoisotopic (exact) mass is 363 g/mol. The van der Waals surface area contributed by atoms with Crippen LogP contribution in [0, 0.1) is 20.8 Å². The molecule has 0 fully saturated rings. The van der Waals surface area contributed by atoms with Crippen molar-refractivity contribution >= 4 is 31.5 Å². The number of H-pyrrole nitrogens is 1. The average Bonchev–Trinajstić information content (AvgIpc) is 3.27. The molecule has 2 heteroatoms. The van der Waals surface area contributed by atoms with E-state index < -0.39 is 0 Å².